The van der Waals surface area contributed by atoms with Crippen molar-refractivity contribution in [1.82, 2.24) is 0 Å². The summed E-state index contributed by atoms with van der Waals surface area (Å²) < 4.78 is 19.1. The normalized spacial score (nSPS) is 11.5. The van der Waals surface area contributed by atoms with Crippen LogP contribution in [0.3, 0.4) is 0 Å². The molecule has 0 bridgehead atoms. The van der Waals surface area contributed by atoms with Crippen molar-refractivity contribution < 1.29 is 13.9 Å². The number of halogens is 3. The zero-order valence-corrected chi connectivity index (χ0v) is 13.4. The number of hydrogen-bond acceptors (Lipinski definition) is 3. The van der Waals surface area contributed by atoms with Crippen LogP contribution in [-0.4, -0.2) is 12.6 Å². The molecule has 0 saturated heterocycles. The van der Waals surface area contributed by atoms with Gasteiger partial charge in [0.05, 0.1) is 16.5 Å². The predicted octanol–water partition coefficient (Wildman–Crippen LogP) is 5.30. The highest BCUT2D eigenvalue weighted by Crippen LogP contribution is 2.34. The molecule has 2 rings (SSSR count). The van der Waals surface area contributed by atoms with Crippen molar-refractivity contribution in [1.29, 1.82) is 0 Å². The third-order valence-corrected chi connectivity index (χ3v) is 4.15. The fourth-order valence-electron chi connectivity index (χ4n) is 1.71. The molecule has 2 aromatic rings. The lowest BCUT2D eigenvalue weighted by Crippen LogP contribution is -2.06. The second-order valence-electron chi connectivity index (χ2n) is 4.06. The third-order valence-electron chi connectivity index (χ3n) is 2.63. The van der Waals surface area contributed by atoms with Crippen molar-refractivity contribution >= 4 is 52.2 Å². The third kappa shape index (κ3) is 4.06. The van der Waals surface area contributed by atoms with Crippen molar-refractivity contribution in [2.75, 3.05) is 6.61 Å². The Balaban J connectivity index is 2.48. The van der Waals surface area contributed by atoms with E-state index in [0.29, 0.717) is 25.4 Å². The number of rotatable bonds is 4. The highest BCUT2D eigenvalue weighted by atomic mass is 35.5. The number of hydrogen-bond donors (Lipinski definition) is 0. The van der Waals surface area contributed by atoms with Crippen molar-refractivity contribution in [2.24, 2.45) is 0 Å². The number of carbonyl (C=O) groups excluding carboxylic acids is 1. The first-order valence-corrected chi connectivity index (χ1v) is 7.68. The van der Waals surface area contributed by atoms with Crippen LogP contribution in [-0.2, 0) is 9.53 Å². The number of ether oxygens (including phenoxy) is 1. The van der Waals surface area contributed by atoms with Crippen LogP contribution in [0.25, 0.3) is 11.6 Å². The summed E-state index contributed by atoms with van der Waals surface area (Å²) in [6.45, 7) is 1.96. The number of esters is 1. The highest BCUT2D eigenvalue weighted by molar-refractivity contribution is 7.20. The van der Waals surface area contributed by atoms with Crippen LogP contribution in [0.4, 0.5) is 4.39 Å². The highest BCUT2D eigenvalue weighted by Gasteiger charge is 2.15. The molecule has 0 fully saturated rings. The van der Waals surface area contributed by atoms with Gasteiger partial charge in [0, 0.05) is 5.56 Å². The Bertz CT molecular complexity index is 677. The van der Waals surface area contributed by atoms with Gasteiger partial charge in [-0.15, -0.1) is 11.3 Å². The van der Waals surface area contributed by atoms with Gasteiger partial charge in [-0.1, -0.05) is 35.3 Å². The summed E-state index contributed by atoms with van der Waals surface area (Å²) in [5.74, 6) is -0.874. The number of benzene rings is 1. The zero-order valence-electron chi connectivity index (χ0n) is 11.0. The minimum atomic E-state index is -0.498. The summed E-state index contributed by atoms with van der Waals surface area (Å²) >= 11 is 13.2. The Morgan fingerprint density at radius 3 is 2.52 bits per heavy atom. The van der Waals surface area contributed by atoms with E-state index < -0.39 is 5.97 Å². The van der Waals surface area contributed by atoms with Crippen LogP contribution in [0.2, 0.25) is 8.67 Å². The van der Waals surface area contributed by atoms with Crippen LogP contribution in [0.5, 0.6) is 0 Å². The van der Waals surface area contributed by atoms with Gasteiger partial charge in [-0.3, -0.25) is 0 Å². The van der Waals surface area contributed by atoms with Crippen molar-refractivity contribution in [3.63, 3.8) is 0 Å². The minimum absolute atomic E-state index is 0.246. The molecule has 2 nitrogen and oxygen atoms in total. The standard InChI is InChI=1S/C15H11Cl2FO2S/c1-2-20-15(19)12(9-3-5-11(18)6-4-9)7-10-8-13(16)21-14(10)17/h3-8H,2H2,1H3. The Morgan fingerprint density at radius 1 is 1.33 bits per heavy atom. The van der Waals surface area contributed by atoms with Crippen LogP contribution in [0, 0.1) is 5.82 Å². The molecule has 1 aromatic heterocycles. The summed E-state index contributed by atoms with van der Waals surface area (Å²) in [4.78, 5) is 12.1. The predicted molar refractivity (Wildman–Crippen MR) is 85.2 cm³/mol. The van der Waals surface area contributed by atoms with Gasteiger partial charge in [0.1, 0.15) is 10.2 Å². The fourth-order valence-corrected chi connectivity index (χ4v) is 3.12. The van der Waals surface area contributed by atoms with Gasteiger partial charge in [0.15, 0.2) is 0 Å². The molecule has 0 N–H and O–H groups in total. The quantitative estimate of drug-likeness (QED) is 0.555. The van der Waals surface area contributed by atoms with Crippen LogP contribution in [0.15, 0.2) is 30.3 Å². The summed E-state index contributed by atoms with van der Waals surface area (Å²) in [7, 11) is 0. The first-order chi connectivity index (χ1) is 10.0. The Morgan fingerprint density at radius 2 is 2.00 bits per heavy atom. The Hall–Kier alpha value is -1.36. The summed E-state index contributed by atoms with van der Waals surface area (Å²) in [5, 5.41) is 0. The first kappa shape index (κ1) is 16.0. The van der Waals surface area contributed by atoms with Gasteiger partial charge in [-0.25, -0.2) is 9.18 Å². The molecule has 0 spiro atoms. The monoisotopic (exact) mass is 344 g/mol. The Kier molecular flexibility index (Phi) is 5.39. The van der Waals surface area contributed by atoms with E-state index in [-0.39, 0.29) is 12.4 Å². The van der Waals surface area contributed by atoms with E-state index >= 15 is 0 Å². The molecule has 0 atom stereocenters. The van der Waals surface area contributed by atoms with E-state index in [2.05, 4.69) is 0 Å². The van der Waals surface area contributed by atoms with E-state index in [0.717, 1.165) is 0 Å². The molecule has 0 unspecified atom stereocenters. The molecule has 1 heterocycles. The van der Waals surface area contributed by atoms with Crippen LogP contribution >= 0.6 is 34.5 Å². The molecule has 0 aliphatic rings. The molecule has 0 aliphatic carbocycles. The molecule has 21 heavy (non-hydrogen) atoms. The second kappa shape index (κ2) is 7.07. The van der Waals surface area contributed by atoms with E-state index in [9.17, 15) is 9.18 Å². The Labute approximate surface area is 135 Å². The second-order valence-corrected chi connectivity index (χ2v) is 6.35. The number of carbonyl (C=O) groups is 1. The molecular formula is C15H11Cl2FO2S. The average Bonchev–Trinajstić information content (AvgIpc) is 2.75. The van der Waals surface area contributed by atoms with Gasteiger partial charge in [-0.2, -0.15) is 0 Å². The van der Waals surface area contributed by atoms with E-state index in [1.165, 1.54) is 35.6 Å². The number of thiophene rings is 1. The molecule has 0 saturated carbocycles. The van der Waals surface area contributed by atoms with Crippen LogP contribution < -0.4 is 0 Å². The summed E-state index contributed by atoms with van der Waals surface area (Å²) in [5.41, 5.74) is 1.47. The molecule has 0 aliphatic heterocycles. The smallest absolute Gasteiger partial charge is 0.338 e. The lowest BCUT2D eigenvalue weighted by Gasteiger charge is -2.07. The lowest BCUT2D eigenvalue weighted by molar-refractivity contribution is -0.136. The van der Waals surface area contributed by atoms with Crippen molar-refractivity contribution in [2.45, 2.75) is 6.92 Å². The van der Waals surface area contributed by atoms with Gasteiger partial charge < -0.3 is 4.74 Å². The largest absolute Gasteiger partial charge is 0.462 e. The van der Waals surface area contributed by atoms with Gasteiger partial charge in [-0.05, 0) is 36.8 Å². The maximum Gasteiger partial charge on any atom is 0.338 e. The SMILES string of the molecule is CCOC(=O)C(=Cc1cc(Cl)sc1Cl)c1ccc(F)cc1. The molecular weight excluding hydrogens is 334 g/mol. The van der Waals surface area contributed by atoms with Crippen molar-refractivity contribution in [3.8, 4) is 0 Å². The first-order valence-electron chi connectivity index (χ1n) is 6.11. The van der Waals surface area contributed by atoms with Gasteiger partial charge >= 0.3 is 5.97 Å². The fraction of sp³-hybridized carbons (Fsp3) is 0.133. The van der Waals surface area contributed by atoms with E-state index in [4.69, 9.17) is 27.9 Å². The van der Waals surface area contributed by atoms with Crippen molar-refractivity contribution in [3.05, 3.63) is 55.9 Å². The zero-order chi connectivity index (χ0) is 15.4. The van der Waals surface area contributed by atoms with Gasteiger partial charge in [0.25, 0.3) is 0 Å². The van der Waals surface area contributed by atoms with E-state index in [1.54, 1.807) is 19.1 Å². The average molecular weight is 345 g/mol. The van der Waals surface area contributed by atoms with Gasteiger partial charge in [0.2, 0.25) is 0 Å². The van der Waals surface area contributed by atoms with Crippen LogP contribution in [0.1, 0.15) is 18.1 Å². The molecule has 6 heteroatoms. The topological polar surface area (TPSA) is 26.3 Å². The maximum atomic E-state index is 13.0. The minimum Gasteiger partial charge on any atom is -0.462 e. The molecule has 1 aromatic carbocycles. The summed E-state index contributed by atoms with van der Waals surface area (Å²) in [6, 6.07) is 7.26. The molecule has 0 amide bonds. The lowest BCUT2D eigenvalue weighted by atomic mass is 10.0. The molecule has 0 radical (unpaired) electrons. The molecule has 110 valence electrons. The maximum absolute atomic E-state index is 13.0. The van der Waals surface area contributed by atoms with E-state index in [1.807, 2.05) is 0 Å². The summed E-state index contributed by atoms with van der Waals surface area (Å²) in [6.07, 6.45) is 1.59.